The number of nitrogens with zero attached hydrogens (tertiary/aromatic N) is 3. The molecule has 3 aromatic carbocycles. The van der Waals surface area contributed by atoms with Crippen LogP contribution >= 0.6 is 0 Å². The second-order valence-electron chi connectivity index (χ2n) is 9.82. The molecule has 0 radical (unpaired) electrons. The monoisotopic (exact) mass is 505 g/mol. The molecule has 0 saturated carbocycles. The van der Waals surface area contributed by atoms with E-state index in [0.717, 1.165) is 61.7 Å². The van der Waals surface area contributed by atoms with Crippen molar-refractivity contribution < 1.29 is 18.3 Å². The minimum absolute atomic E-state index is 0.00428. The Morgan fingerprint density at radius 3 is 1.97 bits per heavy atom. The molecule has 1 amide bonds. The van der Waals surface area contributed by atoms with Gasteiger partial charge in [-0.2, -0.15) is 0 Å². The minimum Gasteiger partial charge on any atom is -0.495 e. The molecule has 5 nitrogen and oxygen atoms in total. The fourth-order valence-corrected chi connectivity index (χ4v) is 5.76. The predicted octanol–water partition coefficient (Wildman–Crippen LogP) is 4.70. The van der Waals surface area contributed by atoms with Crippen molar-refractivity contribution in [3.8, 4) is 5.75 Å². The molecule has 37 heavy (non-hydrogen) atoms. The lowest BCUT2D eigenvalue weighted by Crippen LogP contribution is -2.55. The number of anilines is 1. The SMILES string of the molecule is COc1ccccc1N1CCN(CCN2CCCC(c3ccc(F)cc3)(c3ccc(F)cc3)C2=O)CC1. The van der Waals surface area contributed by atoms with Gasteiger partial charge in [-0.05, 0) is 60.4 Å². The van der Waals surface area contributed by atoms with Crippen molar-refractivity contribution in [1.82, 2.24) is 9.80 Å². The number of rotatable bonds is 7. The third kappa shape index (κ3) is 5.05. The molecule has 0 aromatic heterocycles. The Morgan fingerprint density at radius 1 is 0.784 bits per heavy atom. The Balaban J connectivity index is 1.29. The maximum absolute atomic E-state index is 14.1. The maximum atomic E-state index is 14.1. The van der Waals surface area contributed by atoms with Crippen LogP contribution in [0.4, 0.5) is 14.5 Å². The van der Waals surface area contributed by atoms with E-state index >= 15 is 0 Å². The van der Waals surface area contributed by atoms with Crippen molar-refractivity contribution in [1.29, 1.82) is 0 Å². The number of amides is 1. The first-order valence-corrected chi connectivity index (χ1v) is 12.9. The molecule has 0 N–H and O–H groups in total. The largest absolute Gasteiger partial charge is 0.495 e. The summed E-state index contributed by atoms with van der Waals surface area (Å²) in [6.45, 7) is 5.69. The highest BCUT2D eigenvalue weighted by atomic mass is 19.1. The summed E-state index contributed by atoms with van der Waals surface area (Å²) in [5.74, 6) is 0.202. The van der Waals surface area contributed by atoms with E-state index in [1.54, 1.807) is 31.4 Å². The zero-order valence-electron chi connectivity index (χ0n) is 21.2. The van der Waals surface area contributed by atoms with Crippen molar-refractivity contribution in [2.24, 2.45) is 0 Å². The number of methoxy groups -OCH3 is 1. The standard InChI is InChI=1S/C30H33F2N3O2/c1-37-28-6-3-2-5-27(28)34-20-17-33(18-21-34)19-22-35-16-4-15-30(29(35)36,23-7-11-25(31)12-8-23)24-9-13-26(32)14-10-24/h2-3,5-14H,4,15-22H2,1H3. The maximum Gasteiger partial charge on any atom is 0.237 e. The summed E-state index contributed by atoms with van der Waals surface area (Å²) in [5, 5.41) is 0. The summed E-state index contributed by atoms with van der Waals surface area (Å²) in [7, 11) is 1.70. The number of carbonyl (C=O) groups excluding carboxylic acids is 1. The van der Waals surface area contributed by atoms with Crippen LogP contribution in [-0.2, 0) is 10.2 Å². The second kappa shape index (κ2) is 10.9. The quantitative estimate of drug-likeness (QED) is 0.466. The molecular formula is C30H33F2N3O2. The van der Waals surface area contributed by atoms with E-state index in [1.807, 2.05) is 23.1 Å². The average Bonchev–Trinajstić information content (AvgIpc) is 2.94. The molecule has 194 valence electrons. The molecule has 2 saturated heterocycles. The van der Waals surface area contributed by atoms with Gasteiger partial charge in [-0.25, -0.2) is 8.78 Å². The van der Waals surface area contributed by atoms with Crippen LogP contribution in [0.1, 0.15) is 24.0 Å². The van der Waals surface area contributed by atoms with Crippen LogP contribution in [0.2, 0.25) is 0 Å². The minimum atomic E-state index is -0.942. The van der Waals surface area contributed by atoms with E-state index in [9.17, 15) is 13.6 Å². The molecule has 2 aliphatic rings. The van der Waals surface area contributed by atoms with Gasteiger partial charge in [-0.3, -0.25) is 9.69 Å². The number of piperidine rings is 1. The van der Waals surface area contributed by atoms with E-state index < -0.39 is 5.41 Å². The lowest BCUT2D eigenvalue weighted by Gasteiger charge is -2.43. The smallest absolute Gasteiger partial charge is 0.237 e. The van der Waals surface area contributed by atoms with Crippen molar-refractivity contribution in [3.63, 3.8) is 0 Å². The number of halogens is 2. The van der Waals surface area contributed by atoms with Gasteiger partial charge in [0, 0.05) is 45.8 Å². The van der Waals surface area contributed by atoms with Crippen LogP contribution in [0.5, 0.6) is 5.75 Å². The number of likely N-dealkylation sites (tertiary alicyclic amines) is 1. The van der Waals surface area contributed by atoms with Crippen LogP contribution in [0.15, 0.2) is 72.8 Å². The molecule has 2 heterocycles. The molecule has 0 unspecified atom stereocenters. The summed E-state index contributed by atoms with van der Waals surface area (Å²) in [4.78, 5) is 20.8. The topological polar surface area (TPSA) is 36.0 Å². The normalized spacial score (nSPS) is 18.2. The lowest BCUT2D eigenvalue weighted by atomic mass is 9.68. The van der Waals surface area contributed by atoms with Gasteiger partial charge in [-0.15, -0.1) is 0 Å². The van der Waals surface area contributed by atoms with Gasteiger partial charge < -0.3 is 14.5 Å². The highest BCUT2D eigenvalue weighted by molar-refractivity contribution is 5.93. The first-order valence-electron chi connectivity index (χ1n) is 12.9. The van der Waals surface area contributed by atoms with E-state index in [4.69, 9.17) is 4.74 Å². The van der Waals surface area contributed by atoms with E-state index in [0.29, 0.717) is 19.5 Å². The first-order chi connectivity index (χ1) is 18.0. The van der Waals surface area contributed by atoms with Gasteiger partial charge in [0.05, 0.1) is 18.2 Å². The molecule has 0 spiro atoms. The molecule has 0 bridgehead atoms. The Morgan fingerprint density at radius 2 is 1.38 bits per heavy atom. The van der Waals surface area contributed by atoms with E-state index in [-0.39, 0.29) is 17.5 Å². The molecule has 7 heteroatoms. The Bertz CT molecular complexity index is 1160. The highest BCUT2D eigenvalue weighted by Gasteiger charge is 2.46. The molecule has 5 rings (SSSR count). The molecule has 3 aromatic rings. The predicted molar refractivity (Wildman–Crippen MR) is 141 cm³/mol. The van der Waals surface area contributed by atoms with Crippen molar-refractivity contribution in [2.75, 3.05) is 57.8 Å². The van der Waals surface area contributed by atoms with Gasteiger partial charge in [0.2, 0.25) is 5.91 Å². The van der Waals surface area contributed by atoms with Crippen LogP contribution in [0.3, 0.4) is 0 Å². The van der Waals surface area contributed by atoms with Gasteiger partial charge in [0.15, 0.2) is 0 Å². The van der Waals surface area contributed by atoms with E-state index in [2.05, 4.69) is 15.9 Å². The molecule has 2 aliphatic heterocycles. The molecular weight excluding hydrogens is 472 g/mol. The number of hydrogen-bond donors (Lipinski definition) is 0. The van der Waals surface area contributed by atoms with E-state index in [1.165, 1.54) is 24.3 Å². The first kappa shape index (κ1) is 25.2. The summed E-state index contributed by atoms with van der Waals surface area (Å²) in [5.41, 5.74) is 1.67. The highest BCUT2D eigenvalue weighted by Crippen LogP contribution is 2.41. The number of para-hydroxylation sites is 2. The number of piperazine rings is 1. The third-order valence-electron chi connectivity index (χ3n) is 7.79. The summed E-state index contributed by atoms with van der Waals surface area (Å²) in [6, 6.07) is 20.4. The molecule has 0 aliphatic carbocycles. The summed E-state index contributed by atoms with van der Waals surface area (Å²) >= 11 is 0. The van der Waals surface area contributed by atoms with Crippen LogP contribution in [0, 0.1) is 11.6 Å². The number of benzene rings is 3. The van der Waals surface area contributed by atoms with Gasteiger partial charge in [0.25, 0.3) is 0 Å². The van der Waals surface area contributed by atoms with Crippen LogP contribution in [-0.4, -0.2) is 68.6 Å². The van der Waals surface area contributed by atoms with Gasteiger partial charge in [0.1, 0.15) is 17.4 Å². The fraction of sp³-hybridized carbons (Fsp3) is 0.367. The fourth-order valence-electron chi connectivity index (χ4n) is 5.76. The van der Waals surface area contributed by atoms with Crippen molar-refractivity contribution in [2.45, 2.75) is 18.3 Å². The number of ether oxygens (including phenoxy) is 1. The number of hydrogen-bond acceptors (Lipinski definition) is 4. The zero-order valence-corrected chi connectivity index (χ0v) is 21.2. The Labute approximate surface area is 217 Å². The summed E-state index contributed by atoms with van der Waals surface area (Å²) in [6.07, 6.45) is 1.43. The van der Waals surface area contributed by atoms with Crippen molar-refractivity contribution >= 4 is 11.6 Å². The van der Waals surface area contributed by atoms with Crippen LogP contribution < -0.4 is 9.64 Å². The third-order valence-corrected chi connectivity index (χ3v) is 7.79. The molecule has 2 fully saturated rings. The summed E-state index contributed by atoms with van der Waals surface area (Å²) < 4.78 is 33.0. The number of carbonyl (C=O) groups is 1. The van der Waals surface area contributed by atoms with Crippen LogP contribution in [0.25, 0.3) is 0 Å². The van der Waals surface area contributed by atoms with Gasteiger partial charge in [-0.1, -0.05) is 36.4 Å². The lowest BCUT2D eigenvalue weighted by molar-refractivity contribution is -0.139. The molecule has 0 atom stereocenters. The average molecular weight is 506 g/mol. The Hall–Kier alpha value is -3.45. The van der Waals surface area contributed by atoms with Crippen molar-refractivity contribution in [3.05, 3.63) is 95.6 Å². The second-order valence-corrected chi connectivity index (χ2v) is 9.82. The van der Waals surface area contributed by atoms with Gasteiger partial charge >= 0.3 is 0 Å². The Kier molecular flexibility index (Phi) is 7.42. The zero-order chi connectivity index (χ0) is 25.8.